The largest absolute Gasteiger partial charge is 0.332 e. The average molecular weight is 1020 g/mol. The van der Waals surface area contributed by atoms with Crippen LogP contribution in [0, 0.1) is 0 Å². The highest BCUT2D eigenvalue weighted by Gasteiger charge is 2.35. The second-order valence-electron chi connectivity index (χ2n) is 20.7. The molecule has 2 atom stereocenters. The van der Waals surface area contributed by atoms with Crippen LogP contribution < -0.4 is 0 Å². The molecule has 5 heteroatoms. The zero-order valence-electron chi connectivity index (χ0n) is 43.7. The zero-order valence-corrected chi connectivity index (χ0v) is 43.7. The van der Waals surface area contributed by atoms with Gasteiger partial charge in [0.15, 0.2) is 17.5 Å². The Balaban J connectivity index is 0.970. The molecule has 5 nitrogen and oxygen atoms in total. The molecule has 1 aliphatic carbocycles. The summed E-state index contributed by atoms with van der Waals surface area (Å²) in [6, 6.07) is 102. The Morgan fingerprint density at radius 3 is 1.27 bits per heavy atom. The van der Waals surface area contributed by atoms with Gasteiger partial charge < -0.3 is 9.13 Å². The van der Waals surface area contributed by atoms with Crippen LogP contribution in [-0.4, -0.2) is 24.1 Å². The van der Waals surface area contributed by atoms with Crippen molar-refractivity contribution in [2.45, 2.75) is 12.0 Å². The van der Waals surface area contributed by atoms with Gasteiger partial charge in [0, 0.05) is 55.4 Å². The lowest BCUT2D eigenvalue weighted by molar-refractivity contribution is 0.593. The summed E-state index contributed by atoms with van der Waals surface area (Å²) in [4.78, 5) is 16.5. The monoisotopic (exact) mass is 1020 g/mol. The van der Waals surface area contributed by atoms with Gasteiger partial charge in [-0.15, -0.1) is 0 Å². The van der Waals surface area contributed by atoms with E-state index in [1.807, 2.05) is 0 Å². The number of aromatic nitrogens is 5. The van der Waals surface area contributed by atoms with Crippen LogP contribution in [0.5, 0.6) is 0 Å². The van der Waals surface area contributed by atoms with E-state index in [1.165, 1.54) is 43.7 Å². The van der Waals surface area contributed by atoms with E-state index in [4.69, 9.17) is 15.0 Å². The van der Waals surface area contributed by atoms with E-state index in [9.17, 15) is 0 Å². The Hall–Kier alpha value is -10.5. The summed E-state index contributed by atoms with van der Waals surface area (Å²) in [6.45, 7) is 0. The van der Waals surface area contributed by atoms with Gasteiger partial charge in [-0.1, -0.05) is 243 Å². The molecule has 376 valence electrons. The normalized spacial score (nSPS) is 14.4. The summed E-state index contributed by atoms with van der Waals surface area (Å²) in [5.74, 6) is 1.64. The van der Waals surface area contributed by atoms with Crippen LogP contribution in [0.1, 0.15) is 28.9 Å². The highest BCUT2D eigenvalue weighted by molar-refractivity contribution is 6.12. The molecule has 80 heavy (non-hydrogen) atoms. The van der Waals surface area contributed by atoms with Gasteiger partial charge >= 0.3 is 0 Å². The smallest absolute Gasteiger partial charge is 0.164 e. The van der Waals surface area contributed by atoms with Crippen LogP contribution in [-0.2, 0) is 0 Å². The lowest BCUT2D eigenvalue weighted by atomic mass is 9.78. The fourth-order valence-electron chi connectivity index (χ4n) is 12.2. The molecule has 0 radical (unpaired) electrons. The number of rotatable bonds is 10. The van der Waals surface area contributed by atoms with Crippen molar-refractivity contribution in [3.63, 3.8) is 0 Å². The third-order valence-electron chi connectivity index (χ3n) is 16.0. The Morgan fingerprint density at radius 1 is 0.287 bits per heavy atom. The van der Waals surface area contributed by atoms with Gasteiger partial charge in [0.1, 0.15) is 0 Å². The van der Waals surface area contributed by atoms with E-state index >= 15 is 0 Å². The molecular formula is C75H51N5. The van der Waals surface area contributed by atoms with Gasteiger partial charge in [-0.25, -0.2) is 15.0 Å². The van der Waals surface area contributed by atoms with Crippen LogP contribution in [0.25, 0.3) is 117 Å². The van der Waals surface area contributed by atoms with E-state index in [0.717, 1.165) is 72.4 Å². The predicted molar refractivity (Wildman–Crippen MR) is 331 cm³/mol. The topological polar surface area (TPSA) is 48.5 Å². The Bertz CT molecular complexity index is 4560. The number of hydrogen-bond acceptors (Lipinski definition) is 3. The van der Waals surface area contributed by atoms with Gasteiger partial charge in [-0.2, -0.15) is 0 Å². The maximum absolute atomic E-state index is 5.58. The Kier molecular flexibility index (Phi) is 11.6. The van der Waals surface area contributed by atoms with Crippen molar-refractivity contribution in [2.24, 2.45) is 0 Å². The lowest BCUT2D eigenvalue weighted by Crippen LogP contribution is -2.22. The maximum atomic E-state index is 5.58. The molecule has 3 heterocycles. The van der Waals surface area contributed by atoms with Gasteiger partial charge in [-0.3, -0.25) is 0 Å². The fraction of sp³-hybridized carbons (Fsp3) is 0.0267. The number of allylic oxidation sites excluding steroid dienone is 4. The van der Waals surface area contributed by atoms with Crippen molar-refractivity contribution in [3.8, 4) is 61.8 Å². The highest BCUT2D eigenvalue weighted by atomic mass is 15.1. The minimum absolute atomic E-state index is 0.165. The molecule has 2 unspecified atom stereocenters. The standard InChI is InChI=1S/C75H51N5/c1-6-22-50(23-7-1)53-38-40-56(41-39-53)73-76-74(59-45-57(51-24-8-2-9-25-51)44-58(46-59)52-26-10-3-11-27-52)78-75(77-73)60-47-66(54-28-12-4-13-29-54)72(67(48-60)55-30-14-5-15-31-55)80-70-37-21-18-34-64(70)65-43-42-61(49-71(65)80)79-68-35-19-16-32-62(68)63-33-17-20-36-69(63)79/h1-49,66,72H. The molecule has 3 aromatic heterocycles. The third kappa shape index (κ3) is 8.32. The molecule has 0 saturated heterocycles. The molecule has 0 bridgehead atoms. The number of nitrogens with zero attached hydrogens (tertiary/aromatic N) is 5. The van der Waals surface area contributed by atoms with E-state index < -0.39 is 0 Å². The van der Waals surface area contributed by atoms with E-state index in [-0.39, 0.29) is 12.0 Å². The van der Waals surface area contributed by atoms with Crippen molar-refractivity contribution in [1.29, 1.82) is 0 Å². The molecule has 0 amide bonds. The highest BCUT2D eigenvalue weighted by Crippen LogP contribution is 2.50. The van der Waals surface area contributed by atoms with Crippen molar-refractivity contribution in [1.82, 2.24) is 24.1 Å². The first kappa shape index (κ1) is 46.8. The number of benzene rings is 11. The van der Waals surface area contributed by atoms with Gasteiger partial charge in [0.2, 0.25) is 0 Å². The molecule has 0 fully saturated rings. The van der Waals surface area contributed by atoms with Crippen LogP contribution in [0.15, 0.2) is 297 Å². The summed E-state index contributed by atoms with van der Waals surface area (Å²) in [5.41, 5.74) is 18.7. The third-order valence-corrected chi connectivity index (χ3v) is 16.0. The first-order valence-corrected chi connectivity index (χ1v) is 27.4. The van der Waals surface area contributed by atoms with Crippen molar-refractivity contribution < 1.29 is 0 Å². The molecular weight excluding hydrogens is 971 g/mol. The Morgan fingerprint density at radius 2 is 0.700 bits per heavy atom. The molecule has 0 N–H and O–H groups in total. The molecule has 15 rings (SSSR count). The van der Waals surface area contributed by atoms with Gasteiger partial charge in [0.25, 0.3) is 0 Å². The van der Waals surface area contributed by atoms with Gasteiger partial charge in [-0.05, 0) is 105 Å². The predicted octanol–water partition coefficient (Wildman–Crippen LogP) is 18.9. The quantitative estimate of drug-likeness (QED) is 0.137. The molecule has 11 aromatic carbocycles. The number of fused-ring (bicyclic) bond motifs is 6. The van der Waals surface area contributed by atoms with Crippen LogP contribution in [0.3, 0.4) is 0 Å². The van der Waals surface area contributed by atoms with Crippen molar-refractivity contribution >= 4 is 54.8 Å². The second-order valence-corrected chi connectivity index (χ2v) is 20.7. The first-order valence-electron chi connectivity index (χ1n) is 27.4. The first-order chi connectivity index (χ1) is 39.7. The summed E-state index contributed by atoms with van der Waals surface area (Å²) in [6.07, 6.45) is 4.77. The summed E-state index contributed by atoms with van der Waals surface area (Å²) in [7, 11) is 0. The Labute approximate surface area is 464 Å². The fourth-order valence-corrected chi connectivity index (χ4v) is 12.2. The van der Waals surface area contributed by atoms with Crippen molar-refractivity contribution in [3.05, 3.63) is 314 Å². The summed E-state index contributed by atoms with van der Waals surface area (Å²) < 4.78 is 5.04. The van der Waals surface area contributed by atoms with E-state index in [0.29, 0.717) is 17.5 Å². The lowest BCUT2D eigenvalue weighted by Gasteiger charge is -2.34. The summed E-state index contributed by atoms with van der Waals surface area (Å²) >= 11 is 0. The minimum Gasteiger partial charge on any atom is -0.332 e. The average Bonchev–Trinajstić information content (AvgIpc) is 4.10. The van der Waals surface area contributed by atoms with Crippen LogP contribution in [0.2, 0.25) is 0 Å². The summed E-state index contributed by atoms with van der Waals surface area (Å²) in [5, 5.41) is 4.89. The van der Waals surface area contributed by atoms with Crippen molar-refractivity contribution in [2.75, 3.05) is 0 Å². The second kappa shape index (κ2) is 19.8. The molecule has 0 aliphatic heterocycles. The number of para-hydroxylation sites is 3. The number of hydrogen-bond donors (Lipinski definition) is 0. The maximum Gasteiger partial charge on any atom is 0.164 e. The zero-order chi connectivity index (χ0) is 52.9. The molecule has 1 aliphatic rings. The van der Waals surface area contributed by atoms with E-state index in [2.05, 4.69) is 306 Å². The van der Waals surface area contributed by atoms with E-state index in [1.54, 1.807) is 0 Å². The van der Waals surface area contributed by atoms with Crippen LogP contribution >= 0.6 is 0 Å². The van der Waals surface area contributed by atoms with Gasteiger partial charge in [0.05, 0.1) is 22.6 Å². The van der Waals surface area contributed by atoms with Crippen LogP contribution in [0.4, 0.5) is 0 Å². The molecule has 14 aromatic rings. The molecule has 0 spiro atoms. The minimum atomic E-state index is -0.193. The molecule has 0 saturated carbocycles. The SMILES string of the molecule is C1=C(c2nc(-c3ccc(-c4ccccc4)cc3)nc(-c3cc(-c4ccccc4)cc(-c4ccccc4)c3)n2)C=C(c2ccccc2)C(n2c3ccccc3c3ccc(-n4c5ccccc5c5ccccc54)cc32)C1c1ccccc1.